The highest BCUT2D eigenvalue weighted by molar-refractivity contribution is 6.69. The van der Waals surface area contributed by atoms with Gasteiger partial charge in [-0.2, -0.15) is 0 Å². The van der Waals surface area contributed by atoms with Crippen LogP contribution in [-0.4, -0.2) is 14.4 Å². The minimum atomic E-state index is -1.48. The molecule has 0 saturated heterocycles. The zero-order chi connectivity index (χ0) is 25.9. The summed E-state index contributed by atoms with van der Waals surface area (Å²) in [6, 6.07) is 0. The van der Waals surface area contributed by atoms with Gasteiger partial charge in [-0.25, -0.2) is 0 Å². The van der Waals surface area contributed by atoms with E-state index in [-0.39, 0.29) is 0 Å². The van der Waals surface area contributed by atoms with Gasteiger partial charge in [0.15, 0.2) is 8.32 Å². The molecule has 2 heteroatoms. The van der Waals surface area contributed by atoms with Crippen LogP contribution in [0.2, 0.25) is 19.6 Å². The number of hydrogen-bond donors (Lipinski definition) is 0. The number of allylic oxidation sites excluding steroid dienone is 2. The van der Waals surface area contributed by atoms with Gasteiger partial charge in [-0.3, -0.25) is 0 Å². The molecule has 4 saturated carbocycles. The highest BCUT2D eigenvalue weighted by Crippen LogP contribution is 2.69. The normalized spacial score (nSPS) is 46.1. The third-order valence-corrected chi connectivity index (χ3v) is 13.6. The van der Waals surface area contributed by atoms with Crippen molar-refractivity contribution in [1.82, 2.24) is 0 Å². The van der Waals surface area contributed by atoms with Crippen molar-refractivity contribution < 1.29 is 4.43 Å². The molecule has 11 unspecified atom stereocenters. The second-order valence-electron chi connectivity index (χ2n) is 15.8. The Labute approximate surface area is 220 Å². The average molecular weight is 501 g/mol. The second-order valence-corrected chi connectivity index (χ2v) is 20.2. The van der Waals surface area contributed by atoms with Gasteiger partial charge in [0.2, 0.25) is 0 Å². The molecule has 4 rings (SSSR count). The topological polar surface area (TPSA) is 9.23 Å². The molecule has 0 N–H and O–H groups in total. The van der Waals surface area contributed by atoms with Gasteiger partial charge in [0.25, 0.3) is 0 Å². The average Bonchev–Trinajstić information content (AvgIpc) is 3.11. The lowest BCUT2D eigenvalue weighted by atomic mass is 9.43. The lowest BCUT2D eigenvalue weighted by Gasteiger charge is -2.63. The van der Waals surface area contributed by atoms with Gasteiger partial charge in [0.1, 0.15) is 0 Å². The summed E-state index contributed by atoms with van der Waals surface area (Å²) in [4.78, 5) is 0. The highest BCUT2D eigenvalue weighted by Gasteiger charge is 2.61. The second kappa shape index (κ2) is 9.90. The molecule has 0 aliphatic heterocycles. The van der Waals surface area contributed by atoms with Gasteiger partial charge in [0, 0.05) is 6.10 Å². The minimum absolute atomic E-state index is 0.519. The van der Waals surface area contributed by atoms with Crippen molar-refractivity contribution in [3.05, 3.63) is 11.6 Å². The zero-order valence-electron chi connectivity index (χ0n) is 25.4. The molecule has 4 fully saturated rings. The Morgan fingerprint density at radius 2 is 1.43 bits per heavy atom. The van der Waals surface area contributed by atoms with E-state index >= 15 is 0 Å². The summed E-state index contributed by atoms with van der Waals surface area (Å²) >= 11 is 0. The predicted molar refractivity (Wildman–Crippen MR) is 155 cm³/mol. The van der Waals surface area contributed by atoms with E-state index in [0.29, 0.717) is 22.9 Å². The molecule has 0 radical (unpaired) electrons. The largest absolute Gasteiger partial charge is 0.414 e. The first-order valence-corrected chi connectivity index (χ1v) is 19.0. The molecular formula is C33H60OSi. The Morgan fingerprint density at radius 1 is 0.829 bits per heavy atom. The Kier molecular flexibility index (Phi) is 7.91. The fraction of sp³-hybridized carbons (Fsp3) is 0.939. The molecular weight excluding hydrogens is 440 g/mol. The van der Waals surface area contributed by atoms with E-state index < -0.39 is 8.32 Å². The molecule has 35 heavy (non-hydrogen) atoms. The highest BCUT2D eigenvalue weighted by atomic mass is 28.4. The van der Waals surface area contributed by atoms with E-state index in [1.807, 2.05) is 0 Å². The maximum atomic E-state index is 6.74. The van der Waals surface area contributed by atoms with E-state index in [2.05, 4.69) is 81.1 Å². The van der Waals surface area contributed by atoms with E-state index in [1.54, 1.807) is 5.57 Å². The van der Waals surface area contributed by atoms with Crippen LogP contribution < -0.4 is 0 Å². The van der Waals surface area contributed by atoms with Crippen LogP contribution in [0.15, 0.2) is 11.6 Å². The lowest BCUT2D eigenvalue weighted by molar-refractivity contribution is -0.145. The quantitative estimate of drug-likeness (QED) is 0.260. The van der Waals surface area contributed by atoms with Crippen molar-refractivity contribution in [3.63, 3.8) is 0 Å². The zero-order valence-corrected chi connectivity index (χ0v) is 26.4. The molecule has 0 bridgehead atoms. The Balaban J connectivity index is 1.50. The van der Waals surface area contributed by atoms with Gasteiger partial charge >= 0.3 is 0 Å². The van der Waals surface area contributed by atoms with Crippen LogP contribution in [-0.2, 0) is 4.43 Å². The SMILES string of the molecule is C/C(=C\C(C)C1CCC2C3CCC4C(C)C(O[Si](C)(C)C)CCC4(C)C3CCC12C)C(C)C(C)C. The molecule has 0 spiro atoms. The molecule has 0 amide bonds. The monoisotopic (exact) mass is 500 g/mol. The Hall–Kier alpha value is -0.0831. The van der Waals surface area contributed by atoms with E-state index in [1.165, 1.54) is 51.4 Å². The van der Waals surface area contributed by atoms with Gasteiger partial charge in [0.05, 0.1) is 0 Å². The summed E-state index contributed by atoms with van der Waals surface area (Å²) in [6.45, 7) is 27.3. The molecule has 4 aliphatic carbocycles. The summed E-state index contributed by atoms with van der Waals surface area (Å²) in [5.74, 6) is 7.58. The maximum Gasteiger partial charge on any atom is 0.184 e. The van der Waals surface area contributed by atoms with Crippen molar-refractivity contribution in [1.29, 1.82) is 0 Å². The molecule has 0 aromatic rings. The smallest absolute Gasteiger partial charge is 0.184 e. The van der Waals surface area contributed by atoms with Crippen LogP contribution >= 0.6 is 0 Å². The fourth-order valence-corrected chi connectivity index (χ4v) is 11.7. The summed E-state index contributed by atoms with van der Waals surface area (Å²) in [6.07, 6.45) is 14.8. The standard InChI is InChI=1S/C33H60OSi/c1-21(2)24(5)22(3)20-23(4)27-14-15-29-26-12-13-28-25(6)31(34-35(9,10)11)17-19-33(28,8)30(26)16-18-32(27,29)7/h20-21,23-31H,12-19H2,1-11H3/b22-20+. The molecule has 202 valence electrons. The van der Waals surface area contributed by atoms with Crippen molar-refractivity contribution in [3.8, 4) is 0 Å². The molecule has 0 aromatic heterocycles. The predicted octanol–water partition coefficient (Wildman–Crippen LogP) is 9.99. The maximum absolute atomic E-state index is 6.74. The summed E-state index contributed by atoms with van der Waals surface area (Å²) in [5.41, 5.74) is 2.74. The van der Waals surface area contributed by atoms with Crippen LogP contribution in [0.3, 0.4) is 0 Å². The van der Waals surface area contributed by atoms with Gasteiger partial charge in [-0.1, -0.05) is 60.1 Å². The van der Waals surface area contributed by atoms with Crippen LogP contribution in [0.1, 0.15) is 107 Å². The first kappa shape index (κ1) is 27.9. The molecule has 4 aliphatic rings. The first-order chi connectivity index (χ1) is 16.2. The van der Waals surface area contributed by atoms with Crippen molar-refractivity contribution >= 4 is 8.32 Å². The van der Waals surface area contributed by atoms with Crippen molar-refractivity contribution in [2.24, 2.45) is 64.1 Å². The van der Waals surface area contributed by atoms with E-state index in [4.69, 9.17) is 4.43 Å². The summed E-state index contributed by atoms with van der Waals surface area (Å²) in [7, 11) is -1.48. The lowest BCUT2D eigenvalue weighted by Crippen LogP contribution is -2.57. The van der Waals surface area contributed by atoms with Crippen LogP contribution in [0, 0.1) is 64.1 Å². The summed E-state index contributed by atoms with van der Waals surface area (Å²) < 4.78 is 6.74. The van der Waals surface area contributed by atoms with E-state index in [9.17, 15) is 0 Å². The van der Waals surface area contributed by atoms with Crippen molar-refractivity contribution in [2.45, 2.75) is 133 Å². The minimum Gasteiger partial charge on any atom is -0.414 e. The van der Waals surface area contributed by atoms with Crippen LogP contribution in [0.5, 0.6) is 0 Å². The van der Waals surface area contributed by atoms with Gasteiger partial charge in [-0.15, -0.1) is 0 Å². The summed E-state index contributed by atoms with van der Waals surface area (Å²) in [5, 5.41) is 0. The molecule has 0 heterocycles. The molecule has 0 aromatic carbocycles. The van der Waals surface area contributed by atoms with Gasteiger partial charge < -0.3 is 4.43 Å². The number of hydrogen-bond acceptors (Lipinski definition) is 1. The van der Waals surface area contributed by atoms with Gasteiger partial charge in [-0.05, 0) is 142 Å². The third kappa shape index (κ3) is 5.03. The van der Waals surface area contributed by atoms with Crippen LogP contribution in [0.25, 0.3) is 0 Å². The Bertz CT molecular complexity index is 778. The number of fused-ring (bicyclic) bond motifs is 5. The number of rotatable bonds is 6. The van der Waals surface area contributed by atoms with E-state index in [0.717, 1.165) is 47.3 Å². The third-order valence-electron chi connectivity index (χ3n) is 12.6. The molecule has 1 nitrogen and oxygen atoms in total. The molecule has 11 atom stereocenters. The van der Waals surface area contributed by atoms with Crippen LogP contribution in [0.4, 0.5) is 0 Å². The Morgan fingerprint density at radius 3 is 2.06 bits per heavy atom. The van der Waals surface area contributed by atoms with Crippen molar-refractivity contribution in [2.75, 3.05) is 0 Å². The first-order valence-electron chi connectivity index (χ1n) is 15.5. The fourth-order valence-electron chi connectivity index (χ4n) is 10.4.